The molecule has 0 spiro atoms. The number of ether oxygens (including phenoxy) is 4. The van der Waals surface area contributed by atoms with E-state index in [0.717, 1.165) is 22.0 Å². The zero-order valence-electron chi connectivity index (χ0n) is 14.8. The van der Waals surface area contributed by atoms with E-state index in [1.807, 2.05) is 49.4 Å². The van der Waals surface area contributed by atoms with E-state index in [1.54, 1.807) is 0 Å². The van der Waals surface area contributed by atoms with Crippen LogP contribution in [0.1, 0.15) is 30.6 Å². The molecule has 0 aliphatic carbocycles. The molecule has 2 aliphatic heterocycles. The lowest BCUT2D eigenvalue weighted by Gasteiger charge is -2.18. The van der Waals surface area contributed by atoms with E-state index in [0.29, 0.717) is 17.4 Å². The maximum absolute atomic E-state index is 12.3. The van der Waals surface area contributed by atoms with Crippen molar-refractivity contribution in [1.82, 2.24) is 0 Å². The lowest BCUT2D eigenvalue weighted by molar-refractivity contribution is -0.143. The first-order valence-corrected chi connectivity index (χ1v) is 9.44. The molecule has 0 amide bonds. The van der Waals surface area contributed by atoms with Crippen LogP contribution < -0.4 is 9.47 Å². The Morgan fingerprint density at radius 3 is 2.52 bits per heavy atom. The summed E-state index contributed by atoms with van der Waals surface area (Å²) in [4.78, 5) is 16.8. The molecule has 0 aromatic heterocycles. The van der Waals surface area contributed by atoms with Crippen molar-refractivity contribution in [1.29, 1.82) is 0 Å². The monoisotopic (exact) mass is 431 g/mol. The number of carbonyl (C=O) groups excluding carboxylic acids is 1. The Kier molecular flexibility index (Phi) is 4.78. The average molecular weight is 432 g/mol. The first-order chi connectivity index (χ1) is 13.1. The summed E-state index contributed by atoms with van der Waals surface area (Å²) in [6, 6.07) is 12.3. The summed E-state index contributed by atoms with van der Waals surface area (Å²) in [6.07, 6.45) is -0.205. The van der Waals surface area contributed by atoms with Crippen LogP contribution in [0.4, 0.5) is 0 Å². The quantitative estimate of drug-likeness (QED) is 0.683. The number of halogens is 1. The van der Waals surface area contributed by atoms with Crippen molar-refractivity contribution in [3.05, 3.63) is 58.1 Å². The van der Waals surface area contributed by atoms with E-state index in [4.69, 9.17) is 18.9 Å². The van der Waals surface area contributed by atoms with E-state index in [9.17, 15) is 4.79 Å². The van der Waals surface area contributed by atoms with Crippen LogP contribution in [0.15, 0.2) is 51.9 Å². The number of hydrogen-bond acceptors (Lipinski definition) is 6. The normalized spacial score (nSPS) is 22.9. The van der Waals surface area contributed by atoms with E-state index >= 15 is 0 Å². The molecule has 140 valence electrons. The molecule has 7 heteroatoms. The minimum Gasteiger partial charge on any atom is -0.467 e. The third-order valence-electron chi connectivity index (χ3n) is 4.46. The van der Waals surface area contributed by atoms with E-state index in [1.165, 1.54) is 7.11 Å². The second-order valence-electron chi connectivity index (χ2n) is 6.20. The van der Waals surface area contributed by atoms with Gasteiger partial charge in [0.05, 0.1) is 7.11 Å². The van der Waals surface area contributed by atoms with Crippen molar-refractivity contribution >= 4 is 27.8 Å². The fraction of sp³-hybridized carbons (Fsp3) is 0.300. The van der Waals surface area contributed by atoms with Gasteiger partial charge >= 0.3 is 5.97 Å². The number of esters is 1. The third kappa shape index (κ3) is 3.27. The Balaban J connectivity index is 1.70. The van der Waals surface area contributed by atoms with Crippen LogP contribution in [0, 0.1) is 0 Å². The lowest BCUT2D eigenvalue weighted by atomic mass is 10.0. The van der Waals surface area contributed by atoms with Gasteiger partial charge < -0.3 is 18.9 Å². The summed E-state index contributed by atoms with van der Waals surface area (Å²) in [7, 11) is 1.34. The largest absolute Gasteiger partial charge is 0.467 e. The summed E-state index contributed by atoms with van der Waals surface area (Å²) in [5.74, 6) is 1.24. The van der Waals surface area contributed by atoms with Crippen LogP contribution in [0.25, 0.3) is 0 Å². The zero-order chi connectivity index (χ0) is 19.0. The standard InChI is InChI=1S/C20H18BrNO5/c1-3-16-25-14-9-12(13(21)10-15(14)26-16)18-17(20(23)24-2)22-19(27-18)11-7-5-4-6-8-11/h4-10,16-18H,3H2,1-2H3. The fourth-order valence-corrected chi connectivity index (χ4v) is 3.64. The first kappa shape index (κ1) is 17.9. The Hall–Kier alpha value is -2.54. The Morgan fingerprint density at radius 2 is 1.85 bits per heavy atom. The van der Waals surface area contributed by atoms with Gasteiger partial charge in [0, 0.05) is 22.0 Å². The molecular weight excluding hydrogens is 414 g/mol. The van der Waals surface area contributed by atoms with Gasteiger partial charge in [-0.25, -0.2) is 9.79 Å². The molecule has 0 saturated carbocycles. The van der Waals surface area contributed by atoms with Crippen LogP contribution >= 0.6 is 15.9 Å². The summed E-state index contributed by atoms with van der Waals surface area (Å²) in [6.45, 7) is 1.99. The molecule has 0 radical (unpaired) electrons. The van der Waals surface area contributed by atoms with E-state index < -0.39 is 18.1 Å². The van der Waals surface area contributed by atoms with Crippen LogP contribution in [0.5, 0.6) is 11.5 Å². The number of benzene rings is 2. The van der Waals surface area contributed by atoms with Gasteiger partial charge in [-0.3, -0.25) is 0 Å². The van der Waals surface area contributed by atoms with Gasteiger partial charge in [0.15, 0.2) is 23.6 Å². The molecule has 4 rings (SSSR count). The topological polar surface area (TPSA) is 66.4 Å². The predicted molar refractivity (Wildman–Crippen MR) is 102 cm³/mol. The molecule has 6 nitrogen and oxygen atoms in total. The Morgan fingerprint density at radius 1 is 1.15 bits per heavy atom. The molecule has 2 aliphatic rings. The van der Waals surface area contributed by atoms with Gasteiger partial charge in [-0.2, -0.15) is 0 Å². The van der Waals surface area contributed by atoms with Crippen LogP contribution in [0.2, 0.25) is 0 Å². The van der Waals surface area contributed by atoms with Crippen LogP contribution in [0.3, 0.4) is 0 Å². The van der Waals surface area contributed by atoms with Gasteiger partial charge in [-0.1, -0.05) is 41.1 Å². The molecule has 0 bridgehead atoms. The number of methoxy groups -OCH3 is 1. The molecule has 2 aromatic rings. The highest BCUT2D eigenvalue weighted by Crippen LogP contribution is 2.44. The number of carbonyl (C=O) groups is 1. The lowest BCUT2D eigenvalue weighted by Crippen LogP contribution is -2.25. The summed E-state index contributed by atoms with van der Waals surface area (Å²) in [5.41, 5.74) is 1.55. The van der Waals surface area contributed by atoms with Crippen molar-refractivity contribution in [3.63, 3.8) is 0 Å². The first-order valence-electron chi connectivity index (χ1n) is 8.65. The smallest absolute Gasteiger partial charge is 0.335 e. The summed E-state index contributed by atoms with van der Waals surface area (Å²) in [5, 5.41) is 0. The molecule has 0 saturated heterocycles. The van der Waals surface area contributed by atoms with Crippen molar-refractivity contribution < 1.29 is 23.7 Å². The third-order valence-corrected chi connectivity index (χ3v) is 5.15. The summed E-state index contributed by atoms with van der Waals surface area (Å²) >= 11 is 3.56. The molecule has 2 heterocycles. The average Bonchev–Trinajstić information content (AvgIpc) is 3.31. The number of fused-ring (bicyclic) bond motifs is 1. The van der Waals surface area contributed by atoms with Crippen molar-refractivity contribution in [2.45, 2.75) is 31.8 Å². The van der Waals surface area contributed by atoms with Gasteiger partial charge in [0.25, 0.3) is 0 Å². The number of aliphatic imine (C=N–C) groups is 1. The van der Waals surface area contributed by atoms with E-state index in [2.05, 4.69) is 20.9 Å². The van der Waals surface area contributed by atoms with E-state index in [-0.39, 0.29) is 6.29 Å². The van der Waals surface area contributed by atoms with Crippen molar-refractivity contribution in [2.24, 2.45) is 4.99 Å². The minimum atomic E-state index is -0.802. The fourth-order valence-electron chi connectivity index (χ4n) is 3.09. The second kappa shape index (κ2) is 7.23. The molecular formula is C20H18BrNO5. The SMILES string of the molecule is CCC1Oc2cc(Br)c(C3OC(c4ccccc4)=NC3C(=O)OC)cc2O1. The van der Waals surface area contributed by atoms with Crippen LogP contribution in [-0.4, -0.2) is 31.3 Å². The van der Waals surface area contributed by atoms with Crippen molar-refractivity contribution in [2.75, 3.05) is 7.11 Å². The molecule has 3 atom stereocenters. The molecule has 2 aromatic carbocycles. The van der Waals surface area contributed by atoms with Gasteiger partial charge in [-0.05, 0) is 24.3 Å². The van der Waals surface area contributed by atoms with Gasteiger partial charge in [0.2, 0.25) is 12.2 Å². The molecule has 3 unspecified atom stereocenters. The number of hydrogen-bond donors (Lipinski definition) is 0. The Bertz CT molecular complexity index is 899. The zero-order valence-corrected chi connectivity index (χ0v) is 16.4. The molecule has 0 fully saturated rings. The van der Waals surface area contributed by atoms with Gasteiger partial charge in [-0.15, -0.1) is 0 Å². The maximum Gasteiger partial charge on any atom is 0.335 e. The highest BCUT2D eigenvalue weighted by molar-refractivity contribution is 9.10. The molecule has 27 heavy (non-hydrogen) atoms. The summed E-state index contributed by atoms with van der Waals surface area (Å²) < 4.78 is 23.3. The Labute approximate surface area is 165 Å². The predicted octanol–water partition coefficient (Wildman–Crippen LogP) is 4.02. The number of rotatable bonds is 4. The number of nitrogens with zero attached hydrogens (tertiary/aromatic N) is 1. The van der Waals surface area contributed by atoms with Crippen LogP contribution in [-0.2, 0) is 14.3 Å². The highest BCUT2D eigenvalue weighted by atomic mass is 79.9. The highest BCUT2D eigenvalue weighted by Gasteiger charge is 2.41. The van der Waals surface area contributed by atoms with Crippen molar-refractivity contribution in [3.8, 4) is 11.5 Å². The minimum absolute atomic E-state index is 0.306. The molecule has 0 N–H and O–H groups in total. The second-order valence-corrected chi connectivity index (χ2v) is 7.06. The maximum atomic E-state index is 12.3. The van der Waals surface area contributed by atoms with Gasteiger partial charge in [0.1, 0.15) is 0 Å².